The maximum atomic E-state index is 9.12. The molecule has 0 radical (unpaired) electrons. The summed E-state index contributed by atoms with van der Waals surface area (Å²) in [7, 11) is 0. The molecule has 0 saturated heterocycles. The molecular formula is C16H23N3O2. The van der Waals surface area contributed by atoms with Gasteiger partial charge in [0.05, 0.1) is 13.2 Å². The van der Waals surface area contributed by atoms with Crippen molar-refractivity contribution in [3.8, 4) is 11.5 Å². The Labute approximate surface area is 125 Å². The molecule has 2 aromatic rings. The normalized spacial score (nSPS) is 11.2. The van der Waals surface area contributed by atoms with Gasteiger partial charge in [-0.1, -0.05) is 31.0 Å². The van der Waals surface area contributed by atoms with Crippen molar-refractivity contribution in [3.05, 3.63) is 35.7 Å². The third kappa shape index (κ3) is 4.65. The van der Waals surface area contributed by atoms with Crippen LogP contribution in [0, 0.1) is 6.92 Å². The van der Waals surface area contributed by atoms with Crippen molar-refractivity contribution < 1.29 is 9.52 Å². The highest BCUT2D eigenvalue weighted by atomic mass is 16.4. The molecule has 1 aromatic carbocycles. The third-order valence-electron chi connectivity index (χ3n) is 3.33. The number of aliphatic hydroxyl groups is 1. The van der Waals surface area contributed by atoms with Gasteiger partial charge < -0.3 is 9.52 Å². The Balaban J connectivity index is 2.04. The van der Waals surface area contributed by atoms with Crippen LogP contribution in [0.15, 0.2) is 28.7 Å². The van der Waals surface area contributed by atoms with E-state index in [1.54, 1.807) is 0 Å². The highest BCUT2D eigenvalue weighted by Crippen LogP contribution is 2.19. The summed E-state index contributed by atoms with van der Waals surface area (Å²) in [6, 6.07) is 8.01. The van der Waals surface area contributed by atoms with Crippen LogP contribution in [0.3, 0.4) is 0 Å². The lowest BCUT2D eigenvalue weighted by Crippen LogP contribution is -2.27. The van der Waals surface area contributed by atoms with Gasteiger partial charge in [0.2, 0.25) is 11.8 Å². The highest BCUT2D eigenvalue weighted by Gasteiger charge is 2.12. The third-order valence-corrected chi connectivity index (χ3v) is 3.33. The van der Waals surface area contributed by atoms with Gasteiger partial charge in [-0.25, -0.2) is 0 Å². The van der Waals surface area contributed by atoms with Crippen LogP contribution in [-0.4, -0.2) is 39.9 Å². The van der Waals surface area contributed by atoms with Gasteiger partial charge in [-0.3, -0.25) is 4.90 Å². The van der Waals surface area contributed by atoms with E-state index < -0.39 is 0 Å². The molecule has 1 aromatic heterocycles. The molecule has 0 aliphatic rings. The maximum Gasteiger partial charge on any atom is 0.247 e. The standard InChI is InChI=1S/C16H23N3O2/c1-3-4-8-19(9-10-20)12-15-17-18-16(21-15)14-7-5-6-13(2)11-14/h5-7,11,20H,3-4,8-10,12H2,1-2H3. The average Bonchev–Trinajstić information content (AvgIpc) is 2.93. The van der Waals surface area contributed by atoms with Crippen LogP contribution in [-0.2, 0) is 6.54 Å². The molecule has 1 N–H and O–H groups in total. The van der Waals surface area contributed by atoms with Crippen LogP contribution in [0.5, 0.6) is 0 Å². The Morgan fingerprint density at radius 1 is 1.24 bits per heavy atom. The number of aryl methyl sites for hydroxylation is 1. The van der Waals surface area contributed by atoms with E-state index in [4.69, 9.17) is 9.52 Å². The quantitative estimate of drug-likeness (QED) is 0.809. The Kier molecular flexibility index (Phi) is 5.90. The number of unbranched alkanes of at least 4 members (excludes halogenated alkanes) is 1. The number of rotatable bonds is 8. The molecule has 0 spiro atoms. The lowest BCUT2D eigenvalue weighted by atomic mass is 10.1. The SMILES string of the molecule is CCCCN(CCO)Cc1nnc(-c2cccc(C)c2)o1. The van der Waals surface area contributed by atoms with E-state index >= 15 is 0 Å². The molecule has 0 bridgehead atoms. The van der Waals surface area contributed by atoms with Crippen LogP contribution in [0.1, 0.15) is 31.2 Å². The van der Waals surface area contributed by atoms with E-state index in [0.717, 1.165) is 30.5 Å². The fourth-order valence-electron chi connectivity index (χ4n) is 2.20. The second-order valence-corrected chi connectivity index (χ2v) is 5.22. The van der Waals surface area contributed by atoms with Crippen LogP contribution < -0.4 is 0 Å². The molecule has 0 saturated carbocycles. The number of aromatic nitrogens is 2. The summed E-state index contributed by atoms with van der Waals surface area (Å²) in [6.07, 6.45) is 2.22. The predicted octanol–water partition coefficient (Wildman–Crippen LogP) is 2.64. The minimum atomic E-state index is 0.141. The van der Waals surface area contributed by atoms with E-state index in [9.17, 15) is 0 Å². The number of benzene rings is 1. The van der Waals surface area contributed by atoms with Crippen molar-refractivity contribution in [2.24, 2.45) is 0 Å². The van der Waals surface area contributed by atoms with Crippen LogP contribution >= 0.6 is 0 Å². The van der Waals surface area contributed by atoms with Gasteiger partial charge >= 0.3 is 0 Å². The summed E-state index contributed by atoms with van der Waals surface area (Å²) in [4.78, 5) is 2.14. The Morgan fingerprint density at radius 3 is 2.81 bits per heavy atom. The van der Waals surface area contributed by atoms with Crippen molar-refractivity contribution in [1.82, 2.24) is 15.1 Å². The molecule has 0 atom stereocenters. The number of hydrogen-bond acceptors (Lipinski definition) is 5. The number of nitrogens with zero attached hydrogens (tertiary/aromatic N) is 3. The lowest BCUT2D eigenvalue weighted by molar-refractivity contribution is 0.177. The molecule has 21 heavy (non-hydrogen) atoms. The van der Waals surface area contributed by atoms with Crippen LogP contribution in [0.2, 0.25) is 0 Å². The molecule has 5 nitrogen and oxygen atoms in total. The molecule has 5 heteroatoms. The molecule has 0 fully saturated rings. The van der Waals surface area contributed by atoms with E-state index in [1.165, 1.54) is 0 Å². The summed E-state index contributed by atoms with van der Waals surface area (Å²) in [6.45, 7) is 6.47. The first-order valence-corrected chi connectivity index (χ1v) is 7.45. The summed E-state index contributed by atoms with van der Waals surface area (Å²) in [5, 5.41) is 17.3. The van der Waals surface area contributed by atoms with Gasteiger partial charge in [0, 0.05) is 12.1 Å². The van der Waals surface area contributed by atoms with E-state index in [-0.39, 0.29) is 6.61 Å². The summed E-state index contributed by atoms with van der Waals surface area (Å²) in [5.41, 5.74) is 2.10. The number of hydrogen-bond donors (Lipinski definition) is 1. The molecule has 0 unspecified atom stereocenters. The fourth-order valence-corrected chi connectivity index (χ4v) is 2.20. The minimum absolute atomic E-state index is 0.141. The average molecular weight is 289 g/mol. The van der Waals surface area contributed by atoms with Crippen molar-refractivity contribution in [2.45, 2.75) is 33.2 Å². The molecule has 2 rings (SSSR count). The first-order valence-electron chi connectivity index (χ1n) is 7.45. The zero-order valence-corrected chi connectivity index (χ0v) is 12.7. The highest BCUT2D eigenvalue weighted by molar-refractivity contribution is 5.53. The Hall–Kier alpha value is -1.72. The minimum Gasteiger partial charge on any atom is -0.419 e. The largest absolute Gasteiger partial charge is 0.419 e. The molecule has 0 aliphatic carbocycles. The fraction of sp³-hybridized carbons (Fsp3) is 0.500. The smallest absolute Gasteiger partial charge is 0.247 e. The second kappa shape index (κ2) is 7.90. The van der Waals surface area contributed by atoms with Gasteiger partial charge in [0.25, 0.3) is 0 Å². The summed E-state index contributed by atoms with van der Waals surface area (Å²) < 4.78 is 5.74. The van der Waals surface area contributed by atoms with Crippen molar-refractivity contribution in [1.29, 1.82) is 0 Å². The van der Waals surface area contributed by atoms with E-state index in [1.807, 2.05) is 31.2 Å². The van der Waals surface area contributed by atoms with E-state index in [0.29, 0.717) is 24.9 Å². The molecule has 1 heterocycles. The Morgan fingerprint density at radius 2 is 2.10 bits per heavy atom. The van der Waals surface area contributed by atoms with Crippen molar-refractivity contribution in [2.75, 3.05) is 19.7 Å². The molecule has 0 aliphatic heterocycles. The van der Waals surface area contributed by atoms with E-state index in [2.05, 4.69) is 22.0 Å². The van der Waals surface area contributed by atoms with Gasteiger partial charge in [0.15, 0.2) is 0 Å². The van der Waals surface area contributed by atoms with Crippen LogP contribution in [0.25, 0.3) is 11.5 Å². The van der Waals surface area contributed by atoms with Gasteiger partial charge in [0.1, 0.15) is 0 Å². The molecule has 0 amide bonds. The maximum absolute atomic E-state index is 9.12. The van der Waals surface area contributed by atoms with Crippen molar-refractivity contribution >= 4 is 0 Å². The first-order chi connectivity index (χ1) is 10.2. The Bertz CT molecular complexity index is 554. The zero-order chi connectivity index (χ0) is 15.1. The topological polar surface area (TPSA) is 62.4 Å². The summed E-state index contributed by atoms with van der Waals surface area (Å²) in [5.74, 6) is 1.14. The molecule has 114 valence electrons. The van der Waals surface area contributed by atoms with Gasteiger partial charge in [-0.05, 0) is 32.0 Å². The predicted molar refractivity (Wildman–Crippen MR) is 81.7 cm³/mol. The number of aliphatic hydroxyl groups excluding tert-OH is 1. The van der Waals surface area contributed by atoms with Gasteiger partial charge in [-0.2, -0.15) is 0 Å². The first kappa shape index (κ1) is 15.7. The summed E-state index contributed by atoms with van der Waals surface area (Å²) >= 11 is 0. The second-order valence-electron chi connectivity index (χ2n) is 5.22. The van der Waals surface area contributed by atoms with Crippen LogP contribution in [0.4, 0.5) is 0 Å². The van der Waals surface area contributed by atoms with Crippen molar-refractivity contribution in [3.63, 3.8) is 0 Å². The lowest BCUT2D eigenvalue weighted by Gasteiger charge is -2.18. The zero-order valence-electron chi connectivity index (χ0n) is 12.7. The van der Waals surface area contributed by atoms with Gasteiger partial charge in [-0.15, -0.1) is 10.2 Å². The monoisotopic (exact) mass is 289 g/mol. The molecular weight excluding hydrogens is 266 g/mol.